The highest BCUT2D eigenvalue weighted by Crippen LogP contribution is 2.31. The molecule has 0 atom stereocenters. The highest BCUT2D eigenvalue weighted by Gasteiger charge is 2.28. The smallest absolute Gasteiger partial charge is 0.311 e. The first-order chi connectivity index (χ1) is 13.4. The van der Waals surface area contributed by atoms with Gasteiger partial charge in [0.1, 0.15) is 0 Å². The molecule has 0 aliphatic carbocycles. The number of amides is 1. The van der Waals surface area contributed by atoms with Gasteiger partial charge in [0, 0.05) is 10.9 Å². The summed E-state index contributed by atoms with van der Waals surface area (Å²) in [5.41, 5.74) is 2.54. The van der Waals surface area contributed by atoms with Crippen molar-refractivity contribution < 1.29 is 19.1 Å². The van der Waals surface area contributed by atoms with E-state index in [0.29, 0.717) is 28.5 Å². The number of benzene rings is 2. The molecule has 0 unspecified atom stereocenters. The van der Waals surface area contributed by atoms with Gasteiger partial charge < -0.3 is 9.47 Å². The van der Waals surface area contributed by atoms with E-state index in [4.69, 9.17) is 9.47 Å². The molecular weight excluding hydrogens is 424 g/mol. The van der Waals surface area contributed by atoms with Crippen LogP contribution in [0.1, 0.15) is 25.8 Å². The van der Waals surface area contributed by atoms with Crippen molar-refractivity contribution >= 4 is 45.3 Å². The molecule has 0 fully saturated rings. The second-order valence-electron chi connectivity index (χ2n) is 6.07. The standard InChI is InChI=1S/C21H19BrN2O4/c1-4-20(25)28-18-10-5-14(12-19(18)27-3)11-17-13(2)23-24(21(17)26)16-8-6-15(22)7-9-16/h5-12H,4H2,1-3H3/b17-11+. The molecule has 7 heteroatoms. The van der Waals surface area contributed by atoms with Crippen LogP contribution in [-0.2, 0) is 9.59 Å². The van der Waals surface area contributed by atoms with Crippen molar-refractivity contribution in [3.05, 3.63) is 58.1 Å². The van der Waals surface area contributed by atoms with Crippen molar-refractivity contribution in [3.8, 4) is 11.5 Å². The summed E-state index contributed by atoms with van der Waals surface area (Å²) in [5, 5.41) is 5.75. The molecule has 0 saturated carbocycles. The quantitative estimate of drug-likeness (QED) is 0.386. The fourth-order valence-corrected chi connectivity index (χ4v) is 2.93. The molecule has 28 heavy (non-hydrogen) atoms. The maximum atomic E-state index is 12.8. The van der Waals surface area contributed by atoms with Crippen LogP contribution in [0.5, 0.6) is 11.5 Å². The van der Waals surface area contributed by atoms with Crippen LogP contribution in [0.15, 0.2) is 57.6 Å². The number of ether oxygens (including phenoxy) is 2. The first-order valence-electron chi connectivity index (χ1n) is 8.69. The Balaban J connectivity index is 1.89. The number of anilines is 1. The lowest BCUT2D eigenvalue weighted by atomic mass is 10.1. The van der Waals surface area contributed by atoms with E-state index >= 15 is 0 Å². The molecule has 0 saturated heterocycles. The van der Waals surface area contributed by atoms with Crippen LogP contribution in [0.2, 0.25) is 0 Å². The number of hydrogen-bond donors (Lipinski definition) is 0. The molecular formula is C21H19BrN2O4. The Hall–Kier alpha value is -2.93. The van der Waals surface area contributed by atoms with Crippen LogP contribution in [-0.4, -0.2) is 24.7 Å². The number of esters is 1. The highest BCUT2D eigenvalue weighted by atomic mass is 79.9. The molecule has 1 aliphatic heterocycles. The van der Waals surface area contributed by atoms with Gasteiger partial charge in [-0.3, -0.25) is 9.59 Å². The zero-order valence-corrected chi connectivity index (χ0v) is 17.3. The molecule has 6 nitrogen and oxygen atoms in total. The van der Waals surface area contributed by atoms with E-state index in [1.165, 1.54) is 12.1 Å². The van der Waals surface area contributed by atoms with E-state index in [-0.39, 0.29) is 18.3 Å². The summed E-state index contributed by atoms with van der Waals surface area (Å²) in [6.45, 7) is 3.51. The summed E-state index contributed by atoms with van der Waals surface area (Å²) in [5.74, 6) is 0.209. The topological polar surface area (TPSA) is 68.2 Å². The van der Waals surface area contributed by atoms with E-state index in [1.807, 2.05) is 24.3 Å². The van der Waals surface area contributed by atoms with E-state index in [2.05, 4.69) is 21.0 Å². The van der Waals surface area contributed by atoms with E-state index in [9.17, 15) is 9.59 Å². The number of methoxy groups -OCH3 is 1. The van der Waals surface area contributed by atoms with Crippen LogP contribution >= 0.6 is 15.9 Å². The molecule has 144 valence electrons. The lowest BCUT2D eigenvalue weighted by Gasteiger charge is -2.12. The number of hydrogen-bond acceptors (Lipinski definition) is 5. The average molecular weight is 443 g/mol. The Morgan fingerprint density at radius 3 is 2.54 bits per heavy atom. The van der Waals surface area contributed by atoms with Gasteiger partial charge in [-0.2, -0.15) is 10.1 Å². The average Bonchev–Trinajstić information content (AvgIpc) is 2.97. The molecule has 0 aromatic heterocycles. The molecule has 3 rings (SSSR count). The van der Waals surface area contributed by atoms with Crippen molar-refractivity contribution in [1.82, 2.24) is 0 Å². The van der Waals surface area contributed by atoms with Gasteiger partial charge in [0.05, 0.1) is 24.1 Å². The molecule has 0 spiro atoms. The van der Waals surface area contributed by atoms with Crippen molar-refractivity contribution in [2.45, 2.75) is 20.3 Å². The molecule has 0 radical (unpaired) electrons. The molecule has 0 bridgehead atoms. The van der Waals surface area contributed by atoms with Gasteiger partial charge in [0.15, 0.2) is 11.5 Å². The monoisotopic (exact) mass is 442 g/mol. The molecule has 0 N–H and O–H groups in total. The molecule has 1 amide bonds. The minimum Gasteiger partial charge on any atom is -0.493 e. The summed E-state index contributed by atoms with van der Waals surface area (Å²) in [6, 6.07) is 12.5. The number of nitrogens with zero attached hydrogens (tertiary/aromatic N) is 2. The predicted molar refractivity (Wildman–Crippen MR) is 112 cm³/mol. The Kier molecular flexibility index (Phi) is 5.94. The van der Waals surface area contributed by atoms with Crippen molar-refractivity contribution in [1.29, 1.82) is 0 Å². The summed E-state index contributed by atoms with van der Waals surface area (Å²) in [4.78, 5) is 24.4. The normalized spacial score (nSPS) is 15.0. The first-order valence-corrected chi connectivity index (χ1v) is 9.48. The number of carbonyl (C=O) groups is 2. The van der Waals surface area contributed by atoms with Gasteiger partial charge in [-0.25, -0.2) is 0 Å². The number of rotatable bonds is 5. The van der Waals surface area contributed by atoms with Crippen LogP contribution in [0.25, 0.3) is 6.08 Å². The third-order valence-electron chi connectivity index (χ3n) is 4.14. The van der Waals surface area contributed by atoms with Crippen LogP contribution in [0.3, 0.4) is 0 Å². The van der Waals surface area contributed by atoms with Gasteiger partial charge in [-0.05, 0) is 55.0 Å². The third kappa shape index (κ3) is 4.14. The largest absolute Gasteiger partial charge is 0.493 e. The summed E-state index contributed by atoms with van der Waals surface area (Å²) in [6.07, 6.45) is 2.01. The summed E-state index contributed by atoms with van der Waals surface area (Å²) >= 11 is 3.38. The van der Waals surface area contributed by atoms with Crippen LogP contribution in [0, 0.1) is 0 Å². The van der Waals surface area contributed by atoms with E-state index < -0.39 is 0 Å². The maximum Gasteiger partial charge on any atom is 0.311 e. The Labute approximate surface area is 171 Å². The molecule has 2 aromatic carbocycles. The number of carbonyl (C=O) groups excluding carboxylic acids is 2. The minimum absolute atomic E-state index is 0.208. The Morgan fingerprint density at radius 1 is 1.18 bits per heavy atom. The van der Waals surface area contributed by atoms with Crippen LogP contribution in [0.4, 0.5) is 5.69 Å². The predicted octanol–water partition coefficient (Wildman–Crippen LogP) is 4.58. The SMILES string of the molecule is CCC(=O)Oc1ccc(/C=C2/C(=O)N(c3ccc(Br)cc3)N=C2C)cc1OC. The lowest BCUT2D eigenvalue weighted by molar-refractivity contribution is -0.134. The number of hydrazone groups is 1. The van der Waals surface area contributed by atoms with Gasteiger partial charge in [0.2, 0.25) is 0 Å². The zero-order chi connectivity index (χ0) is 20.3. The van der Waals surface area contributed by atoms with Gasteiger partial charge >= 0.3 is 5.97 Å². The van der Waals surface area contributed by atoms with Gasteiger partial charge in [0.25, 0.3) is 5.91 Å². The van der Waals surface area contributed by atoms with E-state index in [0.717, 1.165) is 10.0 Å². The third-order valence-corrected chi connectivity index (χ3v) is 4.67. The van der Waals surface area contributed by atoms with Crippen molar-refractivity contribution in [2.24, 2.45) is 5.10 Å². The first kappa shape index (κ1) is 19.8. The molecule has 1 heterocycles. The van der Waals surface area contributed by atoms with Gasteiger partial charge in [-0.1, -0.05) is 28.9 Å². The second kappa shape index (κ2) is 8.39. The van der Waals surface area contributed by atoms with Crippen LogP contribution < -0.4 is 14.5 Å². The van der Waals surface area contributed by atoms with Crippen molar-refractivity contribution in [2.75, 3.05) is 12.1 Å². The van der Waals surface area contributed by atoms with E-state index in [1.54, 1.807) is 38.1 Å². The molecule has 2 aromatic rings. The summed E-state index contributed by atoms with van der Waals surface area (Å²) in [7, 11) is 1.50. The fourth-order valence-electron chi connectivity index (χ4n) is 2.66. The summed E-state index contributed by atoms with van der Waals surface area (Å²) < 4.78 is 11.5. The van der Waals surface area contributed by atoms with Gasteiger partial charge in [-0.15, -0.1) is 0 Å². The highest BCUT2D eigenvalue weighted by molar-refractivity contribution is 9.10. The number of halogens is 1. The fraction of sp³-hybridized carbons (Fsp3) is 0.190. The van der Waals surface area contributed by atoms with Crippen molar-refractivity contribution in [3.63, 3.8) is 0 Å². The Morgan fingerprint density at radius 2 is 1.89 bits per heavy atom. The maximum absolute atomic E-state index is 12.8. The lowest BCUT2D eigenvalue weighted by Crippen LogP contribution is -2.21. The minimum atomic E-state index is -0.344. The molecule has 1 aliphatic rings. The zero-order valence-electron chi connectivity index (χ0n) is 15.7. The second-order valence-corrected chi connectivity index (χ2v) is 6.99. The Bertz CT molecular complexity index is 980.